The second kappa shape index (κ2) is 13.2. The van der Waals surface area contributed by atoms with Gasteiger partial charge in [0.25, 0.3) is 0 Å². The molecule has 0 aliphatic rings. The molecular weight excluding hydrogens is 695 g/mol. The SMILES string of the molecule is CC(C)(C)c1cc(-c2nc(-c3ccc(-c4ccccc4)cc3)nc(-c3ccc(-c4ccccc4)cc3)n2)c2oc3c(C(C)(C)C)cc(C(C)(C)C)c4ccc1c2c43. The van der Waals surface area contributed by atoms with E-state index in [1.807, 2.05) is 12.1 Å². The Hall–Kier alpha value is -6.13. The molecule has 0 bridgehead atoms. The van der Waals surface area contributed by atoms with Gasteiger partial charge in [-0.3, -0.25) is 0 Å². The first-order chi connectivity index (χ1) is 27.1. The van der Waals surface area contributed by atoms with E-state index in [1.54, 1.807) is 0 Å². The van der Waals surface area contributed by atoms with Gasteiger partial charge in [-0.2, -0.15) is 0 Å². The van der Waals surface area contributed by atoms with Crippen molar-refractivity contribution in [3.63, 3.8) is 0 Å². The Balaban J connectivity index is 1.33. The van der Waals surface area contributed by atoms with Crippen LogP contribution in [0.4, 0.5) is 0 Å². The maximum Gasteiger partial charge on any atom is 0.167 e. The predicted octanol–water partition coefficient (Wildman–Crippen LogP) is 14.6. The fraction of sp³-hybridized carbons (Fsp3) is 0.226. The number of furan rings is 1. The maximum absolute atomic E-state index is 7.21. The van der Waals surface area contributed by atoms with Crippen molar-refractivity contribution in [2.45, 2.75) is 78.6 Å². The lowest BCUT2D eigenvalue weighted by Gasteiger charge is -2.27. The lowest BCUT2D eigenvalue weighted by Crippen LogP contribution is -2.17. The van der Waals surface area contributed by atoms with Gasteiger partial charge in [0.05, 0.1) is 5.56 Å². The van der Waals surface area contributed by atoms with Gasteiger partial charge < -0.3 is 4.42 Å². The van der Waals surface area contributed by atoms with Crippen LogP contribution in [0.3, 0.4) is 0 Å². The fourth-order valence-corrected chi connectivity index (χ4v) is 8.29. The minimum absolute atomic E-state index is 0.0659. The number of hydrogen-bond acceptors (Lipinski definition) is 4. The van der Waals surface area contributed by atoms with Gasteiger partial charge >= 0.3 is 0 Å². The van der Waals surface area contributed by atoms with Crippen LogP contribution >= 0.6 is 0 Å². The summed E-state index contributed by atoms with van der Waals surface area (Å²) in [5.74, 6) is 1.82. The van der Waals surface area contributed by atoms with Gasteiger partial charge in [0, 0.05) is 27.5 Å². The molecule has 0 atom stereocenters. The maximum atomic E-state index is 7.21. The first-order valence-electron chi connectivity index (χ1n) is 20.0. The summed E-state index contributed by atoms with van der Waals surface area (Å²) < 4.78 is 7.21. The van der Waals surface area contributed by atoms with Crippen molar-refractivity contribution in [2.75, 3.05) is 0 Å². The lowest BCUT2D eigenvalue weighted by atomic mass is 9.76. The zero-order valence-corrected chi connectivity index (χ0v) is 34.5. The second-order valence-electron chi connectivity index (χ2n) is 18.6. The van der Waals surface area contributed by atoms with Gasteiger partial charge in [-0.1, -0.05) is 190 Å². The summed E-state index contributed by atoms with van der Waals surface area (Å²) in [7, 11) is 0. The molecule has 57 heavy (non-hydrogen) atoms. The summed E-state index contributed by atoms with van der Waals surface area (Å²) in [5.41, 5.74) is 12.5. The molecule has 0 aliphatic carbocycles. The van der Waals surface area contributed by atoms with Crippen LogP contribution in [0, 0.1) is 0 Å². The van der Waals surface area contributed by atoms with Crippen molar-refractivity contribution in [2.24, 2.45) is 0 Å². The molecule has 0 radical (unpaired) electrons. The van der Waals surface area contributed by atoms with Gasteiger partial charge in [-0.25, -0.2) is 15.0 Å². The molecular formula is C53H49N3O. The van der Waals surface area contributed by atoms with Crippen molar-refractivity contribution in [1.29, 1.82) is 0 Å². The summed E-state index contributed by atoms with van der Waals surface area (Å²) in [4.78, 5) is 15.8. The van der Waals surface area contributed by atoms with E-state index < -0.39 is 0 Å². The van der Waals surface area contributed by atoms with Crippen LogP contribution in [0.2, 0.25) is 0 Å². The van der Waals surface area contributed by atoms with E-state index in [9.17, 15) is 0 Å². The van der Waals surface area contributed by atoms with Gasteiger partial charge in [0.2, 0.25) is 0 Å². The molecule has 282 valence electrons. The Morgan fingerprint density at radius 3 is 1.16 bits per heavy atom. The molecule has 0 saturated heterocycles. The van der Waals surface area contributed by atoms with E-state index in [0.717, 1.165) is 44.4 Å². The zero-order valence-electron chi connectivity index (χ0n) is 34.5. The average molecular weight is 744 g/mol. The molecule has 7 aromatic carbocycles. The smallest absolute Gasteiger partial charge is 0.167 e. The van der Waals surface area contributed by atoms with E-state index in [0.29, 0.717) is 17.5 Å². The minimum Gasteiger partial charge on any atom is -0.455 e. The summed E-state index contributed by atoms with van der Waals surface area (Å²) in [6.45, 7) is 20.6. The highest BCUT2D eigenvalue weighted by Gasteiger charge is 2.32. The van der Waals surface area contributed by atoms with Crippen molar-refractivity contribution in [3.8, 4) is 56.4 Å². The van der Waals surface area contributed by atoms with Gasteiger partial charge in [-0.15, -0.1) is 0 Å². The highest BCUT2D eigenvalue weighted by molar-refractivity contribution is 6.26. The van der Waals surface area contributed by atoms with Crippen LogP contribution < -0.4 is 0 Å². The highest BCUT2D eigenvalue weighted by Crippen LogP contribution is 2.50. The molecule has 0 saturated carbocycles. The van der Waals surface area contributed by atoms with Crippen LogP contribution in [0.1, 0.15) is 79.0 Å². The molecule has 0 fully saturated rings. The fourth-order valence-electron chi connectivity index (χ4n) is 8.29. The second-order valence-corrected chi connectivity index (χ2v) is 18.6. The molecule has 9 aromatic rings. The first kappa shape index (κ1) is 36.5. The minimum atomic E-state index is -0.169. The predicted molar refractivity (Wildman–Crippen MR) is 239 cm³/mol. The number of hydrogen-bond donors (Lipinski definition) is 0. The third kappa shape index (κ3) is 6.47. The Labute approximate surface area is 336 Å². The topological polar surface area (TPSA) is 51.8 Å². The summed E-state index contributed by atoms with van der Waals surface area (Å²) >= 11 is 0. The van der Waals surface area contributed by atoms with Crippen LogP contribution in [0.15, 0.2) is 138 Å². The summed E-state index contributed by atoms with van der Waals surface area (Å²) in [5, 5.41) is 4.78. The number of aromatic nitrogens is 3. The molecule has 0 N–H and O–H groups in total. The lowest BCUT2D eigenvalue weighted by molar-refractivity contribution is 0.561. The largest absolute Gasteiger partial charge is 0.455 e. The summed E-state index contributed by atoms with van der Waals surface area (Å²) in [6.07, 6.45) is 0. The van der Waals surface area contributed by atoms with E-state index in [2.05, 4.69) is 184 Å². The highest BCUT2D eigenvalue weighted by atomic mass is 16.3. The quantitative estimate of drug-likeness (QED) is 0.165. The molecule has 2 aromatic heterocycles. The van der Waals surface area contributed by atoms with E-state index in [1.165, 1.54) is 44.0 Å². The van der Waals surface area contributed by atoms with Crippen molar-refractivity contribution in [3.05, 3.63) is 150 Å². The number of benzene rings is 7. The zero-order chi connectivity index (χ0) is 39.9. The Morgan fingerprint density at radius 2 is 0.719 bits per heavy atom. The molecule has 4 nitrogen and oxygen atoms in total. The first-order valence-corrected chi connectivity index (χ1v) is 20.0. The summed E-state index contributed by atoms with van der Waals surface area (Å²) in [6, 6.07) is 47.2. The van der Waals surface area contributed by atoms with Crippen LogP contribution in [-0.4, -0.2) is 15.0 Å². The number of rotatable bonds is 5. The standard InChI is InChI=1S/C53H49N3O/c1-51(2,3)41-30-40(46-44-38(41)28-29-39-42(52(4,5)6)31-43(53(7,8)9)47(57-46)45(39)44)50-55-48(36-24-20-34(21-25-36)32-16-12-10-13-17-32)54-49(56-50)37-26-22-35(23-27-37)33-18-14-11-15-19-33/h10-31H,1-9H3. The Bertz CT molecular complexity index is 2800. The van der Waals surface area contributed by atoms with E-state index in [-0.39, 0.29) is 16.2 Å². The van der Waals surface area contributed by atoms with Gasteiger partial charge in [-0.05, 0) is 66.5 Å². The third-order valence-corrected chi connectivity index (χ3v) is 11.3. The third-order valence-electron chi connectivity index (χ3n) is 11.3. The molecule has 0 aliphatic heterocycles. The molecule has 9 rings (SSSR count). The number of nitrogens with zero attached hydrogens (tertiary/aromatic N) is 3. The van der Waals surface area contributed by atoms with Gasteiger partial charge in [0.15, 0.2) is 17.5 Å². The molecule has 0 unspecified atom stereocenters. The average Bonchev–Trinajstić information content (AvgIpc) is 3.60. The Kier molecular flexibility index (Phi) is 8.48. The van der Waals surface area contributed by atoms with Crippen molar-refractivity contribution in [1.82, 2.24) is 15.0 Å². The van der Waals surface area contributed by atoms with E-state index >= 15 is 0 Å². The molecule has 2 heterocycles. The van der Waals surface area contributed by atoms with E-state index in [4.69, 9.17) is 19.4 Å². The molecule has 4 heteroatoms. The van der Waals surface area contributed by atoms with Crippen LogP contribution in [0.25, 0.3) is 89.1 Å². The normalized spacial score (nSPS) is 12.6. The van der Waals surface area contributed by atoms with Crippen LogP contribution in [0.5, 0.6) is 0 Å². The monoisotopic (exact) mass is 743 g/mol. The molecule has 0 amide bonds. The van der Waals surface area contributed by atoms with Gasteiger partial charge in [0.1, 0.15) is 11.2 Å². The van der Waals surface area contributed by atoms with Crippen LogP contribution in [-0.2, 0) is 16.2 Å². The Morgan fingerprint density at radius 1 is 0.351 bits per heavy atom. The van der Waals surface area contributed by atoms with Crippen molar-refractivity contribution < 1.29 is 4.42 Å². The van der Waals surface area contributed by atoms with Crippen molar-refractivity contribution >= 4 is 32.7 Å². The molecule has 0 spiro atoms.